The smallest absolute Gasteiger partial charge is 0.298 e. The lowest BCUT2D eigenvalue weighted by atomic mass is 9.82. The number of allylic oxidation sites excluding steroid dienone is 3. The van der Waals surface area contributed by atoms with E-state index in [-0.39, 0.29) is 0 Å². The van der Waals surface area contributed by atoms with Crippen molar-refractivity contribution >= 4 is 12.8 Å². The number of aryl methyl sites for hydroxylation is 1. The monoisotopic (exact) mass is 468 g/mol. The summed E-state index contributed by atoms with van der Waals surface area (Å²) in [6.45, 7) is 13.6. The van der Waals surface area contributed by atoms with Gasteiger partial charge in [0, 0.05) is 13.0 Å². The lowest BCUT2D eigenvalue weighted by molar-refractivity contribution is -0.124. The van der Waals surface area contributed by atoms with Crippen molar-refractivity contribution in [3.8, 4) is 0 Å². The van der Waals surface area contributed by atoms with Crippen LogP contribution in [0.4, 0.5) is 0 Å². The zero-order chi connectivity index (χ0) is 25.3. The summed E-state index contributed by atoms with van der Waals surface area (Å²) in [5.74, 6) is 2.33. The molecule has 2 aliphatic rings. The van der Waals surface area contributed by atoms with Gasteiger partial charge in [0.1, 0.15) is 12.0 Å². The molecule has 0 saturated heterocycles. The number of hydrogen-bond acceptors (Lipinski definition) is 4. The normalized spacial score (nSPS) is 24.0. The first-order valence-corrected chi connectivity index (χ1v) is 12.5. The van der Waals surface area contributed by atoms with Crippen LogP contribution in [0.25, 0.3) is 0 Å². The fourth-order valence-electron chi connectivity index (χ4n) is 4.23. The Morgan fingerprint density at radius 2 is 1.50 bits per heavy atom. The Labute approximate surface area is 207 Å². The predicted octanol–water partition coefficient (Wildman–Crippen LogP) is 7.48. The number of methoxy groups -OCH3 is 1. The molecule has 2 aliphatic carbocycles. The molecule has 0 bridgehead atoms. The number of rotatable bonds is 7. The highest BCUT2D eigenvalue weighted by atomic mass is 16.5. The van der Waals surface area contributed by atoms with Gasteiger partial charge in [-0.05, 0) is 75.8 Å². The molecular formula is C30H44O4. The maximum atomic E-state index is 10.3. The summed E-state index contributed by atoms with van der Waals surface area (Å²) in [5, 5.41) is 0. The van der Waals surface area contributed by atoms with E-state index in [9.17, 15) is 9.59 Å². The first-order chi connectivity index (χ1) is 16.3. The highest BCUT2D eigenvalue weighted by molar-refractivity contribution is 5.53. The molecule has 0 atom stereocenters. The maximum absolute atomic E-state index is 10.3. The summed E-state index contributed by atoms with van der Waals surface area (Å²) >= 11 is 0. The topological polar surface area (TPSA) is 52.6 Å². The summed E-state index contributed by atoms with van der Waals surface area (Å²) in [4.78, 5) is 20.0. The Morgan fingerprint density at radius 1 is 0.912 bits per heavy atom. The molecular weight excluding hydrogens is 424 g/mol. The third-order valence-electron chi connectivity index (χ3n) is 6.56. The third-order valence-corrected chi connectivity index (χ3v) is 6.56. The molecule has 0 N–H and O–H groups in total. The Morgan fingerprint density at radius 3 is 1.97 bits per heavy atom. The summed E-state index contributed by atoms with van der Waals surface area (Å²) < 4.78 is 9.78. The minimum atomic E-state index is 0.318. The zero-order valence-electron chi connectivity index (χ0n) is 21.6. The van der Waals surface area contributed by atoms with E-state index in [4.69, 9.17) is 4.74 Å². The zero-order valence-corrected chi connectivity index (χ0v) is 21.6. The average molecular weight is 469 g/mol. The van der Waals surface area contributed by atoms with Gasteiger partial charge in [-0.3, -0.25) is 4.79 Å². The number of carbonyl (C=O) groups is 2. The molecule has 3 rings (SSSR count). The van der Waals surface area contributed by atoms with Gasteiger partial charge in [-0.1, -0.05) is 74.4 Å². The van der Waals surface area contributed by atoms with Crippen LogP contribution >= 0.6 is 0 Å². The van der Waals surface area contributed by atoms with E-state index in [1.54, 1.807) is 12.2 Å². The summed E-state index contributed by atoms with van der Waals surface area (Å²) in [6.07, 6.45) is 14.7. The van der Waals surface area contributed by atoms with Crippen LogP contribution in [0.3, 0.4) is 0 Å². The number of hydrogen-bond donors (Lipinski definition) is 0. The fourth-order valence-corrected chi connectivity index (χ4v) is 4.23. The molecule has 0 aromatic heterocycles. The van der Waals surface area contributed by atoms with Crippen LogP contribution in [-0.2, 0) is 19.1 Å². The van der Waals surface area contributed by atoms with Gasteiger partial charge in [0.15, 0.2) is 0 Å². The summed E-state index contributed by atoms with van der Waals surface area (Å²) in [6, 6.07) is 9.01. The molecule has 0 aliphatic heterocycles. The molecule has 188 valence electrons. The summed E-state index contributed by atoms with van der Waals surface area (Å²) in [5.41, 5.74) is 3.75. The van der Waals surface area contributed by atoms with Crippen molar-refractivity contribution in [1.29, 1.82) is 0 Å². The van der Waals surface area contributed by atoms with E-state index in [2.05, 4.69) is 56.0 Å². The van der Waals surface area contributed by atoms with Crippen molar-refractivity contribution in [2.45, 2.75) is 84.2 Å². The quantitative estimate of drug-likeness (QED) is 0.236. The minimum Gasteiger partial charge on any atom is -0.429 e. The first-order valence-electron chi connectivity index (χ1n) is 12.5. The standard InChI is InChI=1S/C14H20O.C8H10O2.C8H14O/c1-11-3-5-12(6-4-11)13-7-9-14(15-2)10-8-13;1-7(2)4-5-8(3)10-6-9;1-7-2-4-8(6-9)5-3-7/h3-6,13-14H,7-10H2,1-2H3;4-6H,1,3H2,2H3;6-8H,2-5H2,1H3/b;5-4-;. The number of ether oxygens (including phenoxy) is 2. The van der Waals surface area contributed by atoms with E-state index < -0.39 is 0 Å². The Balaban J connectivity index is 0.000000268. The maximum Gasteiger partial charge on any atom is 0.298 e. The fraction of sp³-hybridized carbons (Fsp3) is 0.533. The van der Waals surface area contributed by atoms with Crippen molar-refractivity contribution in [1.82, 2.24) is 0 Å². The average Bonchev–Trinajstić information content (AvgIpc) is 2.85. The SMILES string of the molecule is C=C(C)/C=C\C(=C)OC=O.CC1CCC(C=O)CC1.COC1CCC(c2ccc(C)cc2)CC1. The van der Waals surface area contributed by atoms with Crippen LogP contribution in [0, 0.1) is 18.8 Å². The van der Waals surface area contributed by atoms with Gasteiger partial charge < -0.3 is 14.3 Å². The number of aldehydes is 1. The molecule has 2 fully saturated rings. The van der Waals surface area contributed by atoms with Crippen LogP contribution in [0.1, 0.15) is 82.3 Å². The summed E-state index contributed by atoms with van der Waals surface area (Å²) in [7, 11) is 1.83. The Kier molecular flexibility index (Phi) is 14.8. The highest BCUT2D eigenvalue weighted by Gasteiger charge is 2.21. The van der Waals surface area contributed by atoms with Crippen molar-refractivity contribution in [2.75, 3.05) is 7.11 Å². The first kappa shape index (κ1) is 29.6. The molecule has 1 aromatic carbocycles. The number of carbonyl (C=O) groups excluding carboxylic acids is 2. The molecule has 4 nitrogen and oxygen atoms in total. The molecule has 1 aromatic rings. The van der Waals surface area contributed by atoms with Crippen LogP contribution < -0.4 is 0 Å². The number of benzene rings is 1. The van der Waals surface area contributed by atoms with Gasteiger partial charge in [-0.2, -0.15) is 0 Å². The van der Waals surface area contributed by atoms with Crippen LogP contribution in [-0.4, -0.2) is 26.0 Å². The van der Waals surface area contributed by atoms with Gasteiger partial charge in [0.05, 0.1) is 6.10 Å². The van der Waals surface area contributed by atoms with Gasteiger partial charge in [0.25, 0.3) is 6.47 Å². The lowest BCUT2D eigenvalue weighted by Crippen LogP contribution is -2.19. The molecule has 0 amide bonds. The van der Waals surface area contributed by atoms with Crippen LogP contribution in [0.5, 0.6) is 0 Å². The Bertz CT molecular complexity index is 761. The van der Waals surface area contributed by atoms with E-state index in [1.807, 2.05) is 14.0 Å². The second kappa shape index (κ2) is 17.0. The molecule has 34 heavy (non-hydrogen) atoms. The molecule has 0 heterocycles. The Hall–Kier alpha value is -2.46. The molecule has 4 heteroatoms. The van der Waals surface area contributed by atoms with Crippen LogP contribution in [0.2, 0.25) is 0 Å². The van der Waals surface area contributed by atoms with Crippen molar-refractivity contribution in [3.63, 3.8) is 0 Å². The van der Waals surface area contributed by atoms with Gasteiger partial charge in [0.2, 0.25) is 0 Å². The third kappa shape index (κ3) is 12.7. The van der Waals surface area contributed by atoms with E-state index >= 15 is 0 Å². The van der Waals surface area contributed by atoms with Gasteiger partial charge >= 0.3 is 0 Å². The molecule has 0 spiro atoms. The molecule has 2 saturated carbocycles. The largest absolute Gasteiger partial charge is 0.429 e. The van der Waals surface area contributed by atoms with Crippen molar-refractivity contribution in [2.24, 2.45) is 11.8 Å². The molecule has 0 unspecified atom stereocenters. The minimum absolute atomic E-state index is 0.318. The van der Waals surface area contributed by atoms with Crippen molar-refractivity contribution in [3.05, 3.63) is 72.0 Å². The van der Waals surface area contributed by atoms with Gasteiger partial charge in [-0.25, -0.2) is 0 Å². The van der Waals surface area contributed by atoms with E-state index in [0.717, 1.165) is 36.5 Å². The van der Waals surface area contributed by atoms with Crippen LogP contribution in [0.15, 0.2) is 60.9 Å². The van der Waals surface area contributed by atoms with E-state index in [0.29, 0.717) is 24.3 Å². The second-order valence-electron chi connectivity index (χ2n) is 9.64. The lowest BCUT2D eigenvalue weighted by Gasteiger charge is -2.27. The van der Waals surface area contributed by atoms with Gasteiger partial charge in [-0.15, -0.1) is 0 Å². The second-order valence-corrected chi connectivity index (χ2v) is 9.64. The predicted molar refractivity (Wildman–Crippen MR) is 141 cm³/mol. The highest BCUT2D eigenvalue weighted by Crippen LogP contribution is 2.33. The van der Waals surface area contributed by atoms with Crippen molar-refractivity contribution < 1.29 is 19.1 Å². The molecule has 0 radical (unpaired) electrons. The van der Waals surface area contributed by atoms with E-state index in [1.165, 1.54) is 49.7 Å².